The minimum atomic E-state index is -0.189. The van der Waals surface area contributed by atoms with Crippen molar-refractivity contribution in [1.29, 1.82) is 0 Å². The van der Waals surface area contributed by atoms with Gasteiger partial charge in [-0.05, 0) is 49.6 Å². The fraction of sp³-hybridized carbons (Fsp3) is 0.231. The molecular weight excluding hydrogens is 386 g/mol. The van der Waals surface area contributed by atoms with E-state index in [0.717, 1.165) is 28.9 Å². The molecule has 0 radical (unpaired) electrons. The van der Waals surface area contributed by atoms with Crippen LogP contribution >= 0.6 is 0 Å². The first-order valence-corrected chi connectivity index (χ1v) is 10.6. The number of nitrogens with one attached hydrogen (secondary N) is 2. The van der Waals surface area contributed by atoms with Gasteiger partial charge in [0, 0.05) is 30.9 Å². The van der Waals surface area contributed by atoms with Gasteiger partial charge in [0.15, 0.2) is 0 Å². The first-order chi connectivity index (χ1) is 15.1. The van der Waals surface area contributed by atoms with Gasteiger partial charge in [-0.15, -0.1) is 0 Å². The average molecular weight is 416 g/mol. The van der Waals surface area contributed by atoms with Crippen LogP contribution in [0.5, 0.6) is 0 Å². The van der Waals surface area contributed by atoms with Crippen LogP contribution in [0.2, 0.25) is 0 Å². The van der Waals surface area contributed by atoms with Crippen molar-refractivity contribution in [3.63, 3.8) is 0 Å². The van der Waals surface area contributed by atoms with Gasteiger partial charge in [0.2, 0.25) is 5.91 Å². The Balaban J connectivity index is 1.50. The molecule has 0 aromatic heterocycles. The van der Waals surface area contributed by atoms with Gasteiger partial charge >= 0.3 is 6.03 Å². The number of rotatable bonds is 9. The first kappa shape index (κ1) is 22.1. The number of amides is 3. The minimum Gasteiger partial charge on any atom is -0.356 e. The highest BCUT2D eigenvalue weighted by Gasteiger charge is 2.15. The Morgan fingerprint density at radius 1 is 0.839 bits per heavy atom. The zero-order chi connectivity index (χ0) is 21.9. The van der Waals surface area contributed by atoms with Crippen LogP contribution in [0.1, 0.15) is 24.0 Å². The highest BCUT2D eigenvalue weighted by molar-refractivity contribution is 6.01. The number of hydrogen-bond acceptors (Lipinski definition) is 2. The Hall–Kier alpha value is -3.60. The van der Waals surface area contributed by atoms with Crippen molar-refractivity contribution in [3.8, 4) is 0 Å². The van der Waals surface area contributed by atoms with E-state index in [1.807, 2.05) is 91.9 Å². The molecule has 5 heteroatoms. The summed E-state index contributed by atoms with van der Waals surface area (Å²) in [5, 5.41) is 5.91. The summed E-state index contributed by atoms with van der Waals surface area (Å²) in [6.07, 6.45) is 1.84. The van der Waals surface area contributed by atoms with Gasteiger partial charge in [-0.1, -0.05) is 66.2 Å². The predicted molar refractivity (Wildman–Crippen MR) is 126 cm³/mol. The summed E-state index contributed by atoms with van der Waals surface area (Å²) in [5.41, 5.74) is 3.87. The second kappa shape index (κ2) is 11.6. The molecule has 0 aliphatic rings. The zero-order valence-corrected chi connectivity index (χ0v) is 17.9. The normalized spacial score (nSPS) is 10.4. The maximum Gasteiger partial charge on any atom is 0.326 e. The standard InChI is InChI=1S/C26H29N3O2/c1-21-13-16-23(17-14-21)28-26(31)29(24-11-6-3-7-12-24)20-8-19-27-25(30)18-15-22-9-4-2-5-10-22/h2-7,9-14,16-17H,8,15,18-20H2,1H3,(H,27,30)(H,28,31). The topological polar surface area (TPSA) is 61.4 Å². The smallest absolute Gasteiger partial charge is 0.326 e. The lowest BCUT2D eigenvalue weighted by molar-refractivity contribution is -0.121. The minimum absolute atomic E-state index is 0.0271. The van der Waals surface area contributed by atoms with Crippen molar-refractivity contribution >= 4 is 23.3 Å². The number of para-hydroxylation sites is 1. The fourth-order valence-electron chi connectivity index (χ4n) is 3.24. The summed E-state index contributed by atoms with van der Waals surface area (Å²) < 4.78 is 0. The highest BCUT2D eigenvalue weighted by atomic mass is 16.2. The monoisotopic (exact) mass is 415 g/mol. The van der Waals surface area contributed by atoms with Crippen molar-refractivity contribution in [1.82, 2.24) is 5.32 Å². The summed E-state index contributed by atoms with van der Waals surface area (Å²) in [4.78, 5) is 26.7. The number of hydrogen-bond donors (Lipinski definition) is 2. The predicted octanol–water partition coefficient (Wildman–Crippen LogP) is 5.17. The Morgan fingerprint density at radius 2 is 1.48 bits per heavy atom. The molecule has 0 unspecified atom stereocenters. The van der Waals surface area contributed by atoms with E-state index in [4.69, 9.17) is 0 Å². The quantitative estimate of drug-likeness (QED) is 0.474. The second-order valence-corrected chi connectivity index (χ2v) is 7.47. The molecule has 0 bridgehead atoms. The van der Waals surface area contributed by atoms with E-state index in [2.05, 4.69) is 10.6 Å². The third kappa shape index (κ3) is 7.30. The van der Waals surface area contributed by atoms with Gasteiger partial charge < -0.3 is 10.6 Å². The van der Waals surface area contributed by atoms with E-state index in [9.17, 15) is 9.59 Å². The van der Waals surface area contributed by atoms with Crippen LogP contribution in [-0.2, 0) is 11.2 Å². The van der Waals surface area contributed by atoms with Crippen LogP contribution in [0.4, 0.5) is 16.2 Å². The van der Waals surface area contributed by atoms with Crippen LogP contribution in [0.25, 0.3) is 0 Å². The molecule has 0 saturated carbocycles. The average Bonchev–Trinajstić information content (AvgIpc) is 2.80. The third-order valence-electron chi connectivity index (χ3n) is 4.98. The molecule has 0 spiro atoms. The summed E-state index contributed by atoms with van der Waals surface area (Å²) in [6.45, 7) is 3.03. The Bertz CT molecular complexity index is 957. The van der Waals surface area contributed by atoms with Crippen LogP contribution in [0.15, 0.2) is 84.9 Å². The molecule has 0 heterocycles. The van der Waals surface area contributed by atoms with Crippen molar-refractivity contribution in [2.75, 3.05) is 23.3 Å². The van der Waals surface area contributed by atoms with Crippen LogP contribution in [-0.4, -0.2) is 25.0 Å². The van der Waals surface area contributed by atoms with Crippen molar-refractivity contribution < 1.29 is 9.59 Å². The third-order valence-corrected chi connectivity index (χ3v) is 4.98. The number of aryl methyl sites for hydroxylation is 2. The van der Waals surface area contributed by atoms with Crippen LogP contribution < -0.4 is 15.5 Å². The van der Waals surface area contributed by atoms with E-state index in [1.54, 1.807) is 4.90 Å². The number of carbonyl (C=O) groups excluding carboxylic acids is 2. The summed E-state index contributed by atoms with van der Waals surface area (Å²) >= 11 is 0. The Morgan fingerprint density at radius 3 is 2.16 bits per heavy atom. The van der Waals surface area contributed by atoms with Crippen molar-refractivity contribution in [2.45, 2.75) is 26.2 Å². The van der Waals surface area contributed by atoms with Crippen LogP contribution in [0, 0.1) is 6.92 Å². The molecule has 0 saturated heterocycles. The van der Waals surface area contributed by atoms with Gasteiger partial charge in [0.05, 0.1) is 0 Å². The fourth-order valence-corrected chi connectivity index (χ4v) is 3.24. The molecule has 0 aliphatic heterocycles. The van der Waals surface area contributed by atoms with E-state index in [-0.39, 0.29) is 11.9 Å². The first-order valence-electron chi connectivity index (χ1n) is 10.6. The summed E-state index contributed by atoms with van der Waals surface area (Å²) in [6, 6.07) is 27.1. The molecule has 3 amide bonds. The van der Waals surface area contributed by atoms with Crippen molar-refractivity contribution in [2.24, 2.45) is 0 Å². The Labute approximate surface area is 184 Å². The molecule has 2 N–H and O–H groups in total. The molecular formula is C26H29N3O2. The summed E-state index contributed by atoms with van der Waals surface area (Å²) in [5.74, 6) is 0.0271. The maximum absolute atomic E-state index is 12.9. The Kier molecular flexibility index (Phi) is 8.23. The van der Waals surface area contributed by atoms with E-state index >= 15 is 0 Å². The van der Waals surface area contributed by atoms with Gasteiger partial charge in [0.25, 0.3) is 0 Å². The molecule has 0 aliphatic carbocycles. The lowest BCUT2D eigenvalue weighted by atomic mass is 10.1. The molecule has 31 heavy (non-hydrogen) atoms. The zero-order valence-electron chi connectivity index (χ0n) is 17.9. The molecule has 3 aromatic rings. The molecule has 0 atom stereocenters. The van der Waals surface area contributed by atoms with E-state index < -0.39 is 0 Å². The number of urea groups is 1. The van der Waals surface area contributed by atoms with E-state index in [0.29, 0.717) is 25.9 Å². The molecule has 160 valence electrons. The second-order valence-electron chi connectivity index (χ2n) is 7.47. The molecule has 0 fully saturated rings. The highest BCUT2D eigenvalue weighted by Crippen LogP contribution is 2.16. The molecule has 3 rings (SSSR count). The summed E-state index contributed by atoms with van der Waals surface area (Å²) in [7, 11) is 0. The van der Waals surface area contributed by atoms with Crippen LogP contribution in [0.3, 0.4) is 0 Å². The lowest BCUT2D eigenvalue weighted by Gasteiger charge is -2.23. The van der Waals surface area contributed by atoms with Gasteiger partial charge in [-0.3, -0.25) is 9.69 Å². The van der Waals surface area contributed by atoms with E-state index in [1.165, 1.54) is 0 Å². The lowest BCUT2D eigenvalue weighted by Crippen LogP contribution is -2.37. The van der Waals surface area contributed by atoms with Gasteiger partial charge in [-0.2, -0.15) is 0 Å². The number of benzene rings is 3. The number of carbonyl (C=O) groups is 2. The SMILES string of the molecule is Cc1ccc(NC(=O)N(CCCNC(=O)CCc2ccccc2)c2ccccc2)cc1. The van der Waals surface area contributed by atoms with Gasteiger partial charge in [-0.25, -0.2) is 4.79 Å². The molecule has 5 nitrogen and oxygen atoms in total. The van der Waals surface area contributed by atoms with Gasteiger partial charge in [0.1, 0.15) is 0 Å². The largest absolute Gasteiger partial charge is 0.356 e. The number of nitrogens with zero attached hydrogens (tertiary/aromatic N) is 1. The maximum atomic E-state index is 12.9. The van der Waals surface area contributed by atoms with Crippen molar-refractivity contribution in [3.05, 3.63) is 96.1 Å². The number of anilines is 2. The molecule has 3 aromatic carbocycles.